The molecular formula is C10H12O5S. The number of carbonyl (C=O) groups is 1. The molecule has 1 aromatic carbocycles. The largest absolute Gasteiger partial charge is 0.427 e. The van der Waals surface area contributed by atoms with E-state index in [0.717, 1.165) is 5.56 Å². The van der Waals surface area contributed by atoms with E-state index in [0.29, 0.717) is 11.1 Å². The fourth-order valence-corrected chi connectivity index (χ4v) is 2.17. The summed E-state index contributed by atoms with van der Waals surface area (Å²) in [5.74, 6) is -0.124. The highest BCUT2D eigenvalue weighted by Crippen LogP contribution is 2.31. The first-order valence-corrected chi connectivity index (χ1v) is 5.91. The van der Waals surface area contributed by atoms with E-state index in [1.807, 2.05) is 0 Å². The normalized spacial score (nSPS) is 11.2. The maximum atomic E-state index is 11.1. The molecule has 0 unspecified atom stereocenters. The lowest BCUT2D eigenvalue weighted by Gasteiger charge is -2.12. The summed E-state index contributed by atoms with van der Waals surface area (Å²) in [6.45, 7) is 5.24. The van der Waals surface area contributed by atoms with Crippen LogP contribution < -0.4 is 4.74 Å². The van der Waals surface area contributed by atoms with Gasteiger partial charge in [-0.05, 0) is 43.5 Å². The molecule has 88 valence electrons. The maximum Gasteiger partial charge on any atom is 0.298 e. The van der Waals surface area contributed by atoms with Crippen molar-refractivity contribution >= 4 is 16.6 Å². The van der Waals surface area contributed by atoms with Crippen LogP contribution in [-0.2, 0) is 14.9 Å². The van der Waals surface area contributed by atoms with Gasteiger partial charge in [-0.3, -0.25) is 9.35 Å². The van der Waals surface area contributed by atoms with Gasteiger partial charge in [-0.1, -0.05) is 0 Å². The molecule has 0 fully saturated rings. The lowest BCUT2D eigenvalue weighted by atomic mass is 10.0. The molecule has 0 heterocycles. The van der Waals surface area contributed by atoms with Gasteiger partial charge in [0.15, 0.2) is 5.75 Å². The quantitative estimate of drug-likeness (QED) is 0.642. The molecule has 0 spiro atoms. The zero-order chi connectivity index (χ0) is 12.5. The molecule has 6 heteroatoms. The Hall–Kier alpha value is -1.40. The standard InChI is InChI=1S/C10H12O5S/c1-6-4-9(16(12,13)14)10(15-5-11)8(3)7(6)2/h4-5H,1-3H3,(H,12,13,14). The lowest BCUT2D eigenvalue weighted by Crippen LogP contribution is -2.06. The second kappa shape index (κ2) is 4.23. The molecule has 5 nitrogen and oxygen atoms in total. The van der Waals surface area contributed by atoms with Gasteiger partial charge >= 0.3 is 0 Å². The highest BCUT2D eigenvalue weighted by molar-refractivity contribution is 7.86. The maximum absolute atomic E-state index is 11.1. The SMILES string of the molecule is Cc1cc(S(=O)(=O)O)c(OC=O)c(C)c1C. The number of hydrogen-bond acceptors (Lipinski definition) is 4. The van der Waals surface area contributed by atoms with Crippen LogP contribution in [0.15, 0.2) is 11.0 Å². The first kappa shape index (κ1) is 12.7. The minimum absolute atomic E-state index is 0.124. The van der Waals surface area contributed by atoms with Gasteiger partial charge in [-0.25, -0.2) is 0 Å². The van der Waals surface area contributed by atoms with Crippen molar-refractivity contribution in [1.29, 1.82) is 0 Å². The zero-order valence-electron chi connectivity index (χ0n) is 9.14. The van der Waals surface area contributed by atoms with Crippen LogP contribution in [0.1, 0.15) is 16.7 Å². The van der Waals surface area contributed by atoms with Crippen molar-refractivity contribution in [1.82, 2.24) is 0 Å². The molecule has 1 rings (SSSR count). The monoisotopic (exact) mass is 244 g/mol. The van der Waals surface area contributed by atoms with Crippen LogP contribution >= 0.6 is 0 Å². The van der Waals surface area contributed by atoms with Gasteiger partial charge in [0.25, 0.3) is 16.6 Å². The molecule has 0 aliphatic carbocycles. The van der Waals surface area contributed by atoms with E-state index in [2.05, 4.69) is 4.74 Å². The zero-order valence-corrected chi connectivity index (χ0v) is 9.96. The Bertz CT molecular complexity index is 531. The van der Waals surface area contributed by atoms with Crippen LogP contribution in [0.4, 0.5) is 0 Å². The number of ether oxygens (including phenoxy) is 1. The van der Waals surface area contributed by atoms with Gasteiger partial charge < -0.3 is 4.74 Å². The molecule has 0 saturated heterocycles. The number of rotatable bonds is 3. The van der Waals surface area contributed by atoms with Crippen molar-refractivity contribution in [3.05, 3.63) is 22.8 Å². The van der Waals surface area contributed by atoms with E-state index < -0.39 is 10.1 Å². The van der Waals surface area contributed by atoms with Gasteiger partial charge in [0, 0.05) is 0 Å². The van der Waals surface area contributed by atoms with Crippen LogP contribution in [0.25, 0.3) is 0 Å². The molecule has 0 aromatic heterocycles. The predicted molar refractivity (Wildman–Crippen MR) is 57.2 cm³/mol. The van der Waals surface area contributed by atoms with Gasteiger partial charge in [0.2, 0.25) is 0 Å². The Kier molecular flexibility index (Phi) is 3.35. The average Bonchev–Trinajstić information content (AvgIpc) is 2.17. The van der Waals surface area contributed by atoms with E-state index in [4.69, 9.17) is 4.55 Å². The third-order valence-corrected chi connectivity index (χ3v) is 3.37. The van der Waals surface area contributed by atoms with E-state index in [-0.39, 0.29) is 17.1 Å². The van der Waals surface area contributed by atoms with Crippen molar-refractivity contribution in [2.75, 3.05) is 0 Å². The summed E-state index contributed by atoms with van der Waals surface area (Å²) < 4.78 is 35.8. The first-order valence-electron chi connectivity index (χ1n) is 4.47. The third-order valence-electron chi connectivity index (χ3n) is 2.51. The van der Waals surface area contributed by atoms with Crippen molar-refractivity contribution in [3.63, 3.8) is 0 Å². The summed E-state index contributed by atoms with van der Waals surface area (Å²) in [5, 5.41) is 0. The molecule has 0 aliphatic rings. The molecule has 0 radical (unpaired) electrons. The summed E-state index contributed by atoms with van der Waals surface area (Å²) in [6, 6.07) is 1.27. The molecule has 1 aromatic rings. The Morgan fingerprint density at radius 2 is 1.81 bits per heavy atom. The average molecular weight is 244 g/mol. The molecule has 0 aliphatic heterocycles. The first-order chi connectivity index (χ1) is 7.29. The molecule has 0 bridgehead atoms. The summed E-state index contributed by atoms with van der Waals surface area (Å²) >= 11 is 0. The molecular weight excluding hydrogens is 232 g/mol. The van der Waals surface area contributed by atoms with Crippen LogP contribution in [0.3, 0.4) is 0 Å². The van der Waals surface area contributed by atoms with Crippen molar-refractivity contribution in [3.8, 4) is 5.75 Å². The van der Waals surface area contributed by atoms with Gasteiger partial charge in [0.1, 0.15) is 4.90 Å². The van der Waals surface area contributed by atoms with E-state index in [1.54, 1.807) is 20.8 Å². The van der Waals surface area contributed by atoms with Gasteiger partial charge in [-0.15, -0.1) is 0 Å². The molecule has 0 saturated carbocycles. The summed E-state index contributed by atoms with van der Waals surface area (Å²) in [7, 11) is -4.40. The predicted octanol–water partition coefficient (Wildman–Crippen LogP) is 1.39. The molecule has 1 N–H and O–H groups in total. The topological polar surface area (TPSA) is 80.7 Å². The Morgan fingerprint density at radius 1 is 1.25 bits per heavy atom. The second-order valence-corrected chi connectivity index (χ2v) is 4.85. The van der Waals surface area contributed by atoms with E-state index in [1.165, 1.54) is 6.07 Å². The highest BCUT2D eigenvalue weighted by Gasteiger charge is 2.21. The highest BCUT2D eigenvalue weighted by atomic mass is 32.2. The Labute approximate surface area is 93.8 Å². The van der Waals surface area contributed by atoms with Gasteiger partial charge in [0.05, 0.1) is 0 Å². The summed E-state index contributed by atoms with van der Waals surface area (Å²) in [6.07, 6.45) is 0. The molecule has 0 amide bonds. The van der Waals surface area contributed by atoms with Crippen LogP contribution in [0, 0.1) is 20.8 Å². The molecule has 0 atom stereocenters. The number of carbonyl (C=O) groups excluding carboxylic acids is 1. The summed E-state index contributed by atoms with van der Waals surface area (Å²) in [4.78, 5) is 9.91. The Morgan fingerprint density at radius 3 is 2.25 bits per heavy atom. The van der Waals surface area contributed by atoms with Crippen LogP contribution in [0.2, 0.25) is 0 Å². The van der Waals surface area contributed by atoms with E-state index in [9.17, 15) is 13.2 Å². The van der Waals surface area contributed by atoms with Crippen molar-refractivity contribution in [2.45, 2.75) is 25.7 Å². The second-order valence-electron chi connectivity index (χ2n) is 3.46. The minimum atomic E-state index is -4.40. The molecule has 16 heavy (non-hydrogen) atoms. The van der Waals surface area contributed by atoms with E-state index >= 15 is 0 Å². The smallest absolute Gasteiger partial charge is 0.298 e. The third kappa shape index (κ3) is 2.23. The summed E-state index contributed by atoms with van der Waals surface area (Å²) in [5.41, 5.74) is 2.02. The Balaban J connectivity index is 3.66. The van der Waals surface area contributed by atoms with Crippen LogP contribution in [0.5, 0.6) is 5.75 Å². The van der Waals surface area contributed by atoms with Crippen molar-refractivity contribution in [2.24, 2.45) is 0 Å². The number of hydrogen-bond donors (Lipinski definition) is 1. The lowest BCUT2D eigenvalue weighted by molar-refractivity contribution is -0.120. The number of benzene rings is 1. The fourth-order valence-electron chi connectivity index (χ4n) is 1.41. The fraction of sp³-hybridized carbons (Fsp3) is 0.300. The number of aryl methyl sites for hydroxylation is 1. The van der Waals surface area contributed by atoms with Gasteiger partial charge in [-0.2, -0.15) is 8.42 Å². The van der Waals surface area contributed by atoms with Crippen molar-refractivity contribution < 1.29 is 22.5 Å². The van der Waals surface area contributed by atoms with Crippen LogP contribution in [-0.4, -0.2) is 19.4 Å². The minimum Gasteiger partial charge on any atom is -0.427 e.